The molecule has 0 bridgehead atoms. The summed E-state index contributed by atoms with van der Waals surface area (Å²) in [5.41, 5.74) is 0.208. The molecule has 5 heteroatoms. The Morgan fingerprint density at radius 3 is 2.73 bits per heavy atom. The van der Waals surface area contributed by atoms with Gasteiger partial charge in [-0.25, -0.2) is 9.78 Å². The van der Waals surface area contributed by atoms with Crippen molar-refractivity contribution in [1.29, 1.82) is 0 Å². The van der Waals surface area contributed by atoms with Crippen LogP contribution in [0.15, 0.2) is 0 Å². The minimum Gasteiger partial charge on any atom is -0.476 e. The molecule has 1 aromatic rings. The Morgan fingerprint density at radius 2 is 2.27 bits per heavy atom. The van der Waals surface area contributed by atoms with Crippen LogP contribution in [0, 0.1) is 12.8 Å². The predicted molar refractivity (Wildman–Crippen MR) is 64.8 cm³/mol. The van der Waals surface area contributed by atoms with Crippen LogP contribution in [0.2, 0.25) is 0 Å². The van der Waals surface area contributed by atoms with E-state index in [2.05, 4.69) is 18.8 Å². The summed E-state index contributed by atoms with van der Waals surface area (Å²) in [4.78, 5) is 15.7. The summed E-state index contributed by atoms with van der Waals surface area (Å²) in [7, 11) is 0. The van der Waals surface area contributed by atoms with E-state index >= 15 is 0 Å². The van der Waals surface area contributed by atoms with Crippen molar-refractivity contribution in [2.75, 3.05) is 5.75 Å². The number of carbonyl (C=O) groups is 1. The highest BCUT2D eigenvalue weighted by atomic mass is 32.2. The summed E-state index contributed by atoms with van der Waals surface area (Å²) >= 11 is 3.28. The number of rotatable bonds is 5. The van der Waals surface area contributed by atoms with Crippen LogP contribution in [0.5, 0.6) is 0 Å². The molecule has 15 heavy (non-hydrogen) atoms. The molecule has 0 aliphatic carbocycles. The molecule has 1 rings (SSSR count). The lowest BCUT2D eigenvalue weighted by Crippen LogP contribution is -1.99. The van der Waals surface area contributed by atoms with E-state index in [0.29, 0.717) is 5.92 Å². The summed E-state index contributed by atoms with van der Waals surface area (Å²) in [6.45, 7) is 6.14. The lowest BCUT2D eigenvalue weighted by molar-refractivity contribution is 0.0690. The zero-order valence-corrected chi connectivity index (χ0v) is 10.7. The van der Waals surface area contributed by atoms with Crippen molar-refractivity contribution in [3.8, 4) is 0 Å². The zero-order chi connectivity index (χ0) is 11.4. The van der Waals surface area contributed by atoms with Crippen LogP contribution in [0.3, 0.4) is 0 Å². The number of aromatic carboxylic acids is 1. The first-order valence-electron chi connectivity index (χ1n) is 4.78. The molecular formula is C10H15NO2S2. The molecule has 0 amide bonds. The molecule has 0 atom stereocenters. The van der Waals surface area contributed by atoms with Crippen LogP contribution in [-0.4, -0.2) is 21.8 Å². The smallest absolute Gasteiger partial charge is 0.355 e. The number of carboxylic acids is 1. The number of hydrogen-bond donors (Lipinski definition) is 1. The Hall–Kier alpha value is -0.550. The van der Waals surface area contributed by atoms with Gasteiger partial charge in [0.25, 0.3) is 0 Å². The minimum absolute atomic E-state index is 0.208. The largest absolute Gasteiger partial charge is 0.476 e. The Kier molecular flexibility index (Phi) is 4.60. The third kappa shape index (κ3) is 3.83. The van der Waals surface area contributed by atoms with E-state index in [1.165, 1.54) is 11.3 Å². The number of hydrogen-bond acceptors (Lipinski definition) is 4. The van der Waals surface area contributed by atoms with E-state index in [0.717, 1.165) is 21.4 Å². The Morgan fingerprint density at radius 1 is 1.60 bits per heavy atom. The molecule has 0 unspecified atom stereocenters. The molecule has 3 nitrogen and oxygen atoms in total. The van der Waals surface area contributed by atoms with Gasteiger partial charge in [0.15, 0.2) is 5.69 Å². The van der Waals surface area contributed by atoms with Gasteiger partial charge in [-0.15, -0.1) is 11.3 Å². The fourth-order valence-electron chi connectivity index (χ4n) is 1.09. The second kappa shape index (κ2) is 5.51. The van der Waals surface area contributed by atoms with Gasteiger partial charge < -0.3 is 5.11 Å². The molecule has 0 aromatic carbocycles. The first-order valence-corrected chi connectivity index (χ1v) is 6.75. The number of thioether (sulfide) groups is 1. The van der Waals surface area contributed by atoms with E-state index in [1.807, 2.05) is 0 Å². The van der Waals surface area contributed by atoms with Crippen LogP contribution in [0.4, 0.5) is 0 Å². The summed E-state index contributed by atoms with van der Waals surface area (Å²) in [5.74, 6) is 1.64. The fraction of sp³-hybridized carbons (Fsp3) is 0.600. The molecule has 0 fully saturated rings. The topological polar surface area (TPSA) is 50.2 Å². The van der Waals surface area contributed by atoms with Gasteiger partial charge in [-0.05, 0) is 18.6 Å². The zero-order valence-electron chi connectivity index (χ0n) is 9.11. The highest BCUT2D eigenvalue weighted by Crippen LogP contribution is 2.22. The maximum atomic E-state index is 10.8. The quantitative estimate of drug-likeness (QED) is 0.866. The normalized spacial score (nSPS) is 10.9. The summed E-state index contributed by atoms with van der Waals surface area (Å²) in [5, 5.41) is 9.74. The van der Waals surface area contributed by atoms with Gasteiger partial charge in [0.1, 0.15) is 5.01 Å². The van der Waals surface area contributed by atoms with Crippen molar-refractivity contribution in [3.05, 3.63) is 15.6 Å². The third-order valence-corrected chi connectivity index (χ3v) is 4.25. The maximum Gasteiger partial charge on any atom is 0.355 e. The molecule has 1 N–H and O–H groups in total. The van der Waals surface area contributed by atoms with Crippen molar-refractivity contribution in [1.82, 2.24) is 4.98 Å². The van der Waals surface area contributed by atoms with Crippen molar-refractivity contribution in [2.24, 2.45) is 5.92 Å². The molecule has 0 aliphatic rings. The second-order valence-electron chi connectivity index (χ2n) is 3.73. The molecule has 1 aromatic heterocycles. The van der Waals surface area contributed by atoms with Crippen LogP contribution in [0.25, 0.3) is 0 Å². The van der Waals surface area contributed by atoms with Crippen molar-refractivity contribution < 1.29 is 9.90 Å². The SMILES string of the molecule is Cc1sc(CSCC(C)C)nc1C(=O)O. The Labute approximate surface area is 97.9 Å². The molecular weight excluding hydrogens is 230 g/mol. The molecule has 0 aliphatic heterocycles. The van der Waals surface area contributed by atoms with Gasteiger partial charge in [0.05, 0.1) is 0 Å². The number of aromatic nitrogens is 1. The number of nitrogens with zero attached hydrogens (tertiary/aromatic N) is 1. The highest BCUT2D eigenvalue weighted by Gasteiger charge is 2.13. The second-order valence-corrected chi connectivity index (χ2v) is 6.04. The Balaban J connectivity index is 2.56. The molecule has 1 heterocycles. The van der Waals surface area contributed by atoms with Gasteiger partial charge in [0.2, 0.25) is 0 Å². The monoisotopic (exact) mass is 245 g/mol. The summed E-state index contributed by atoms with van der Waals surface area (Å²) in [6, 6.07) is 0. The van der Waals surface area contributed by atoms with Gasteiger partial charge in [0, 0.05) is 10.6 Å². The predicted octanol–water partition coefficient (Wildman–Crippen LogP) is 3.04. The molecule has 0 saturated heterocycles. The molecule has 0 spiro atoms. The van der Waals surface area contributed by atoms with Crippen molar-refractivity contribution in [2.45, 2.75) is 26.5 Å². The Bertz CT molecular complexity index is 347. The van der Waals surface area contributed by atoms with Gasteiger partial charge in [-0.2, -0.15) is 11.8 Å². The van der Waals surface area contributed by atoms with Gasteiger partial charge in [-0.1, -0.05) is 13.8 Å². The number of carboxylic acid groups (broad SMARTS) is 1. The first kappa shape index (κ1) is 12.5. The highest BCUT2D eigenvalue weighted by molar-refractivity contribution is 7.98. The fourth-order valence-corrected chi connectivity index (χ4v) is 3.13. The van der Waals surface area contributed by atoms with Crippen molar-refractivity contribution >= 4 is 29.1 Å². The van der Waals surface area contributed by atoms with E-state index in [9.17, 15) is 4.79 Å². The first-order chi connectivity index (χ1) is 7.00. The van der Waals surface area contributed by atoms with Crippen LogP contribution in [0.1, 0.15) is 34.2 Å². The van der Waals surface area contributed by atoms with E-state index < -0.39 is 5.97 Å². The van der Waals surface area contributed by atoms with E-state index in [-0.39, 0.29) is 5.69 Å². The van der Waals surface area contributed by atoms with Crippen LogP contribution in [-0.2, 0) is 5.75 Å². The minimum atomic E-state index is -0.927. The third-order valence-electron chi connectivity index (χ3n) is 1.72. The van der Waals surface area contributed by atoms with Crippen molar-refractivity contribution in [3.63, 3.8) is 0 Å². The standard InChI is InChI=1S/C10H15NO2S2/c1-6(2)4-14-5-8-11-9(10(12)13)7(3)15-8/h6H,4-5H2,1-3H3,(H,12,13). The van der Waals surface area contributed by atoms with E-state index in [1.54, 1.807) is 18.7 Å². The van der Waals surface area contributed by atoms with Gasteiger partial charge in [-0.3, -0.25) is 0 Å². The number of aryl methyl sites for hydroxylation is 1. The van der Waals surface area contributed by atoms with E-state index in [4.69, 9.17) is 5.11 Å². The van der Waals surface area contributed by atoms with Crippen LogP contribution < -0.4 is 0 Å². The lowest BCUT2D eigenvalue weighted by Gasteiger charge is -2.01. The summed E-state index contributed by atoms with van der Waals surface area (Å²) < 4.78 is 0. The molecule has 0 radical (unpaired) electrons. The van der Waals surface area contributed by atoms with Crippen LogP contribution >= 0.6 is 23.1 Å². The molecule has 84 valence electrons. The average Bonchev–Trinajstić information content (AvgIpc) is 2.46. The summed E-state index contributed by atoms with van der Waals surface area (Å²) in [6.07, 6.45) is 0. The molecule has 0 saturated carbocycles. The van der Waals surface area contributed by atoms with Gasteiger partial charge >= 0.3 is 5.97 Å². The lowest BCUT2D eigenvalue weighted by atomic mass is 10.3. The number of thiazole rings is 1. The average molecular weight is 245 g/mol. The maximum absolute atomic E-state index is 10.8.